The molecule has 0 fully saturated rings. The zero-order valence-corrected chi connectivity index (χ0v) is 16.6. The molecule has 0 aromatic carbocycles. The van der Waals surface area contributed by atoms with Crippen LogP contribution in [0.25, 0.3) is 0 Å². The fraction of sp³-hybridized carbons (Fsp3) is 0.471. The molecule has 0 nitrogen and oxygen atoms in total. The van der Waals surface area contributed by atoms with E-state index in [2.05, 4.69) is 72.0 Å². The molecule has 0 unspecified atom stereocenters. The van der Waals surface area contributed by atoms with E-state index in [1.807, 2.05) is 26.0 Å². The Bertz CT molecular complexity index is 299. The van der Waals surface area contributed by atoms with E-state index in [0.29, 0.717) is 0 Å². The fourth-order valence-corrected chi connectivity index (χ4v) is 0.998. The average Bonchev–Trinajstić information content (AvgIpc) is 2.95. The Labute approximate surface area is 150 Å². The van der Waals surface area contributed by atoms with Crippen molar-refractivity contribution in [3.63, 3.8) is 0 Å². The average molecular weight is 349 g/mol. The maximum absolute atomic E-state index is 3.05. The van der Waals surface area contributed by atoms with Crippen LogP contribution in [0.15, 0.2) is 35.5 Å². The van der Waals surface area contributed by atoms with Gasteiger partial charge in [-0.25, -0.2) is 23.3 Å². The fourth-order valence-electron chi connectivity index (χ4n) is 0.998. The molecule has 0 aromatic rings. The second kappa shape index (κ2) is 21.4. The van der Waals surface area contributed by atoms with Crippen molar-refractivity contribution in [3.05, 3.63) is 47.6 Å². The van der Waals surface area contributed by atoms with Crippen LogP contribution in [0.4, 0.5) is 0 Å². The van der Waals surface area contributed by atoms with Crippen LogP contribution >= 0.6 is 0 Å². The van der Waals surface area contributed by atoms with Crippen LogP contribution in [0.2, 0.25) is 0 Å². The third-order valence-corrected chi connectivity index (χ3v) is 1.74. The van der Waals surface area contributed by atoms with E-state index in [1.54, 1.807) is 0 Å². The van der Waals surface area contributed by atoms with E-state index in [0.717, 1.165) is 12.8 Å². The molecule has 0 N–H and O–H groups in total. The molecule has 2 aliphatic rings. The molecule has 0 saturated heterocycles. The minimum Gasteiger partial charge on any atom is -1.00 e. The van der Waals surface area contributed by atoms with Gasteiger partial charge in [-0.15, -0.1) is 26.7 Å². The van der Waals surface area contributed by atoms with E-state index in [4.69, 9.17) is 0 Å². The Balaban J connectivity index is -0.0000000880. The van der Waals surface area contributed by atoms with Crippen molar-refractivity contribution >= 4 is 3.81 Å². The maximum atomic E-state index is 3.05. The predicted molar refractivity (Wildman–Crippen MR) is 80.1 cm³/mol. The molecule has 0 amide bonds. The van der Waals surface area contributed by atoms with E-state index in [-0.39, 0.29) is 24.8 Å². The molecule has 3 heteroatoms. The van der Waals surface area contributed by atoms with Gasteiger partial charge in [-0.1, -0.05) is 13.8 Å². The Hall–Kier alpha value is 0.124. The van der Waals surface area contributed by atoms with Crippen molar-refractivity contribution in [3.8, 4) is 0 Å². The molecule has 114 valence electrons. The van der Waals surface area contributed by atoms with E-state index in [9.17, 15) is 0 Å². The van der Waals surface area contributed by atoms with Crippen LogP contribution < -0.4 is 24.8 Å². The Morgan fingerprint density at radius 2 is 1.15 bits per heavy atom. The molecule has 2 aliphatic carbocycles. The summed E-state index contributed by atoms with van der Waals surface area (Å²) in [6, 6.07) is 0. The van der Waals surface area contributed by atoms with Gasteiger partial charge in [-0.3, -0.25) is 12.2 Å². The first-order chi connectivity index (χ1) is 8.52. The van der Waals surface area contributed by atoms with Crippen molar-refractivity contribution in [1.29, 1.82) is 0 Å². The molecule has 0 radical (unpaired) electrons. The summed E-state index contributed by atoms with van der Waals surface area (Å²) in [5.74, 6) is 0. The molecule has 0 aromatic heterocycles. The zero-order chi connectivity index (χ0) is 14.4. The second-order valence-electron chi connectivity index (χ2n) is 4.00. The summed E-state index contributed by atoms with van der Waals surface area (Å²) < 4.78 is 1.42. The minimum absolute atomic E-state index is 0. The van der Waals surface area contributed by atoms with Gasteiger partial charge in [0, 0.05) is 0 Å². The van der Waals surface area contributed by atoms with Crippen LogP contribution in [0.5, 0.6) is 0 Å². The van der Waals surface area contributed by atoms with Crippen LogP contribution in [-0.4, -0.2) is 3.81 Å². The first kappa shape index (κ1) is 28.3. The summed E-state index contributed by atoms with van der Waals surface area (Å²) >= 11 is 2.08. The summed E-state index contributed by atoms with van der Waals surface area (Å²) in [6.07, 6.45) is 16.5. The van der Waals surface area contributed by atoms with Crippen molar-refractivity contribution in [1.82, 2.24) is 0 Å². The van der Waals surface area contributed by atoms with E-state index in [1.165, 1.54) is 15.0 Å². The van der Waals surface area contributed by atoms with Gasteiger partial charge in [0.1, 0.15) is 0 Å². The largest absolute Gasteiger partial charge is 1.00 e. The molecule has 2 rings (SSSR count). The first-order valence-electron chi connectivity index (χ1n) is 6.51. The van der Waals surface area contributed by atoms with Crippen LogP contribution in [0.3, 0.4) is 0 Å². The van der Waals surface area contributed by atoms with Crippen molar-refractivity contribution < 1.29 is 44.8 Å². The molecule has 0 saturated carbocycles. The molecular formula is C17H26Cl2Ti-2. The van der Waals surface area contributed by atoms with Crippen LogP contribution in [0, 0.1) is 12.2 Å². The van der Waals surface area contributed by atoms with Crippen molar-refractivity contribution in [2.24, 2.45) is 0 Å². The molecule has 0 heterocycles. The van der Waals surface area contributed by atoms with E-state index < -0.39 is 0 Å². The first-order valence-corrected chi connectivity index (χ1v) is 7.29. The van der Waals surface area contributed by atoms with Gasteiger partial charge in [-0.2, -0.15) is 12.2 Å². The normalized spacial score (nSPS) is 12.8. The van der Waals surface area contributed by atoms with Crippen molar-refractivity contribution in [2.75, 3.05) is 0 Å². The third kappa shape index (κ3) is 26.6. The minimum atomic E-state index is 0. The van der Waals surface area contributed by atoms with Crippen LogP contribution in [-0.2, 0) is 20.0 Å². The number of hydrogen-bond donors (Lipinski definition) is 0. The number of hydrogen-bond acceptors (Lipinski definition) is 0. The molecule has 0 atom stereocenters. The molecule has 20 heavy (non-hydrogen) atoms. The maximum Gasteiger partial charge on any atom is -1.00 e. The third-order valence-electron chi connectivity index (χ3n) is 1.74. The quantitative estimate of drug-likeness (QED) is 0.396. The Morgan fingerprint density at radius 1 is 0.900 bits per heavy atom. The van der Waals surface area contributed by atoms with Gasteiger partial charge in [0.15, 0.2) is 0 Å². The standard InChI is InChI=1S/2C6H7.C3H6.C2H6.2ClH.Ti/c2*1-6-4-2-3-5-6;1-3-2;1-2;;;/h2*4-5H,2H2,1H3;1-2H3;1-2H3;2*1H;/q2*-1;;;;;+2/p-2. The van der Waals surface area contributed by atoms with Crippen molar-refractivity contribution in [2.45, 2.75) is 54.4 Å². The van der Waals surface area contributed by atoms with Gasteiger partial charge in [0.2, 0.25) is 0 Å². The number of allylic oxidation sites excluding steroid dienone is 8. The summed E-state index contributed by atoms with van der Waals surface area (Å²) in [5.41, 5.74) is 2.69. The molecule has 0 bridgehead atoms. The summed E-state index contributed by atoms with van der Waals surface area (Å²) in [6.45, 7) is 12.3. The monoisotopic (exact) mass is 348 g/mol. The van der Waals surface area contributed by atoms with Gasteiger partial charge >= 0.3 is 37.6 Å². The molecule has 0 spiro atoms. The second-order valence-corrected chi connectivity index (χ2v) is 5.56. The topological polar surface area (TPSA) is 0 Å². The summed E-state index contributed by atoms with van der Waals surface area (Å²) in [7, 11) is 0. The van der Waals surface area contributed by atoms with Crippen LogP contribution in [0.1, 0.15) is 54.4 Å². The summed E-state index contributed by atoms with van der Waals surface area (Å²) in [4.78, 5) is 0. The predicted octanol–water partition coefficient (Wildman–Crippen LogP) is -0.829. The van der Waals surface area contributed by atoms with Gasteiger partial charge in [0.25, 0.3) is 0 Å². The SMILES string of the molecule is CC.CC1=CC[C-]=C1.CC1=CC[C-]=C1.C[C](C)=[Ti+2].[Cl-].[Cl-]. The Morgan fingerprint density at radius 3 is 1.20 bits per heavy atom. The van der Waals surface area contributed by atoms with Gasteiger partial charge in [-0.05, 0) is 0 Å². The zero-order valence-electron chi connectivity index (χ0n) is 13.5. The van der Waals surface area contributed by atoms with E-state index >= 15 is 0 Å². The van der Waals surface area contributed by atoms with Gasteiger partial charge < -0.3 is 24.8 Å². The number of halogens is 2. The smallest absolute Gasteiger partial charge is 1.00 e. The number of rotatable bonds is 0. The molecule has 0 aliphatic heterocycles. The van der Waals surface area contributed by atoms with Gasteiger partial charge in [0.05, 0.1) is 0 Å². The summed E-state index contributed by atoms with van der Waals surface area (Å²) in [5, 5.41) is 0. The Kier molecular flexibility index (Phi) is 30.3. The molecular weight excluding hydrogens is 323 g/mol.